The molecule has 0 fully saturated rings. The third kappa shape index (κ3) is 3.38. The van der Waals surface area contributed by atoms with Gasteiger partial charge in [0.2, 0.25) is 0 Å². The maximum Gasteiger partial charge on any atom is 0.0992 e. The minimum Gasteiger partial charge on any atom is -0.341 e. The lowest BCUT2D eigenvalue weighted by Gasteiger charge is -2.27. The van der Waals surface area contributed by atoms with E-state index < -0.39 is 0 Å². The Labute approximate surface area is 138 Å². The summed E-state index contributed by atoms with van der Waals surface area (Å²) in [5, 5.41) is 9.26. The SMILES string of the molecule is CN([11CH3])CCCN1c2ccccc2CCc2ccc(C#N)cc21. The van der Waals surface area contributed by atoms with Crippen molar-refractivity contribution in [2.45, 2.75) is 19.3 Å². The van der Waals surface area contributed by atoms with Gasteiger partial charge in [0.15, 0.2) is 0 Å². The molecular weight excluding hydrogens is 281 g/mol. The van der Waals surface area contributed by atoms with Gasteiger partial charge in [-0.05, 0) is 69.2 Å². The van der Waals surface area contributed by atoms with E-state index in [0.29, 0.717) is 0 Å². The van der Waals surface area contributed by atoms with Crippen molar-refractivity contribution in [1.82, 2.24) is 4.90 Å². The van der Waals surface area contributed by atoms with Crippen molar-refractivity contribution in [1.29, 1.82) is 5.26 Å². The van der Waals surface area contributed by atoms with Crippen LogP contribution in [0.2, 0.25) is 0 Å². The van der Waals surface area contributed by atoms with Gasteiger partial charge >= 0.3 is 0 Å². The first-order chi connectivity index (χ1) is 11.2. The van der Waals surface area contributed by atoms with Gasteiger partial charge in [-0.15, -0.1) is 0 Å². The number of hydrogen-bond acceptors (Lipinski definition) is 3. The summed E-state index contributed by atoms with van der Waals surface area (Å²) in [5.74, 6) is 0. The highest BCUT2D eigenvalue weighted by Gasteiger charge is 2.20. The second kappa shape index (κ2) is 6.85. The molecule has 118 valence electrons. The summed E-state index contributed by atoms with van der Waals surface area (Å²) in [5.41, 5.74) is 5.96. The van der Waals surface area contributed by atoms with Crippen molar-refractivity contribution in [2.75, 3.05) is 32.1 Å². The van der Waals surface area contributed by atoms with Gasteiger partial charge in [0.25, 0.3) is 0 Å². The third-order valence-corrected chi connectivity index (χ3v) is 4.44. The van der Waals surface area contributed by atoms with E-state index >= 15 is 0 Å². The minimum atomic E-state index is 0.737. The molecule has 0 unspecified atom stereocenters. The zero-order chi connectivity index (χ0) is 16.2. The Morgan fingerprint density at radius 2 is 1.78 bits per heavy atom. The summed E-state index contributed by atoms with van der Waals surface area (Å²) in [6.07, 6.45) is 3.18. The molecule has 0 bridgehead atoms. The second-order valence-corrected chi connectivity index (χ2v) is 6.39. The van der Waals surface area contributed by atoms with Crippen LogP contribution in [0.4, 0.5) is 11.4 Å². The van der Waals surface area contributed by atoms with Gasteiger partial charge in [-0.1, -0.05) is 24.3 Å². The minimum absolute atomic E-state index is 0.737. The lowest BCUT2D eigenvalue weighted by Crippen LogP contribution is -2.24. The number of nitriles is 1. The quantitative estimate of drug-likeness (QED) is 0.862. The molecule has 0 spiro atoms. The molecule has 0 saturated heterocycles. The Balaban J connectivity index is 2.01. The average molecular weight is 304 g/mol. The van der Waals surface area contributed by atoms with E-state index in [9.17, 15) is 5.26 Å². The average Bonchev–Trinajstić information content (AvgIpc) is 2.71. The third-order valence-electron chi connectivity index (χ3n) is 4.44. The molecule has 3 heteroatoms. The fraction of sp³-hybridized carbons (Fsp3) is 0.350. The monoisotopic (exact) mass is 304 g/mol. The van der Waals surface area contributed by atoms with Crippen LogP contribution in [0.1, 0.15) is 23.1 Å². The summed E-state index contributed by atoms with van der Waals surface area (Å²) >= 11 is 0. The number of anilines is 2. The predicted octanol–water partition coefficient (Wildman–Crippen LogP) is 3.75. The van der Waals surface area contributed by atoms with Crippen LogP contribution in [-0.2, 0) is 12.8 Å². The zero-order valence-electron chi connectivity index (χ0n) is 13.9. The molecule has 0 amide bonds. The van der Waals surface area contributed by atoms with E-state index in [1.807, 2.05) is 12.1 Å². The maximum atomic E-state index is 9.26. The molecule has 2 aromatic carbocycles. The van der Waals surface area contributed by atoms with Crippen molar-refractivity contribution in [2.24, 2.45) is 0 Å². The molecule has 0 aromatic heterocycles. The van der Waals surface area contributed by atoms with Crippen LogP contribution >= 0.6 is 0 Å². The molecular formula is C20H23N3. The lowest BCUT2D eigenvalue weighted by atomic mass is 10.0. The van der Waals surface area contributed by atoms with E-state index in [2.05, 4.69) is 60.3 Å². The Kier molecular flexibility index (Phi) is 4.64. The predicted molar refractivity (Wildman–Crippen MR) is 95.2 cm³/mol. The summed E-state index contributed by atoms with van der Waals surface area (Å²) in [6.45, 7) is 2.03. The van der Waals surface area contributed by atoms with Crippen molar-refractivity contribution >= 4 is 11.4 Å². The highest BCUT2D eigenvalue weighted by Crippen LogP contribution is 2.36. The van der Waals surface area contributed by atoms with Crippen LogP contribution in [0.3, 0.4) is 0 Å². The summed E-state index contributed by atoms with van der Waals surface area (Å²) in [4.78, 5) is 4.62. The topological polar surface area (TPSA) is 30.3 Å². The van der Waals surface area contributed by atoms with Gasteiger partial charge in [0.1, 0.15) is 0 Å². The van der Waals surface area contributed by atoms with Crippen LogP contribution in [-0.4, -0.2) is 32.1 Å². The molecule has 1 aliphatic rings. The van der Waals surface area contributed by atoms with Crippen molar-refractivity contribution in [3.63, 3.8) is 0 Å². The summed E-state index contributed by atoms with van der Waals surface area (Å²) < 4.78 is 0. The van der Waals surface area contributed by atoms with Crippen LogP contribution in [0.5, 0.6) is 0 Å². The van der Waals surface area contributed by atoms with Crippen molar-refractivity contribution < 1.29 is 0 Å². The summed E-state index contributed by atoms with van der Waals surface area (Å²) in [6, 6.07) is 17.1. The van der Waals surface area contributed by atoms with Crippen LogP contribution in [0.25, 0.3) is 0 Å². The first kappa shape index (κ1) is 15.6. The Morgan fingerprint density at radius 3 is 2.52 bits per heavy atom. The van der Waals surface area contributed by atoms with Gasteiger partial charge < -0.3 is 9.80 Å². The van der Waals surface area contributed by atoms with Crippen molar-refractivity contribution in [3.8, 4) is 6.07 Å². The number of nitrogens with zero attached hydrogens (tertiary/aromatic N) is 3. The highest BCUT2D eigenvalue weighted by atomic mass is 15.1. The first-order valence-corrected chi connectivity index (χ1v) is 8.22. The fourth-order valence-electron chi connectivity index (χ4n) is 3.27. The van der Waals surface area contributed by atoms with E-state index in [4.69, 9.17) is 0 Å². The largest absolute Gasteiger partial charge is 0.341 e. The molecule has 0 aliphatic carbocycles. The second-order valence-electron chi connectivity index (χ2n) is 6.39. The molecule has 1 heterocycles. The normalized spacial score (nSPS) is 13.2. The van der Waals surface area contributed by atoms with Gasteiger partial charge in [0, 0.05) is 17.9 Å². The van der Waals surface area contributed by atoms with E-state index in [-0.39, 0.29) is 0 Å². The zero-order valence-corrected chi connectivity index (χ0v) is 13.9. The Morgan fingerprint density at radius 1 is 1.04 bits per heavy atom. The van der Waals surface area contributed by atoms with Crippen molar-refractivity contribution in [3.05, 3.63) is 59.2 Å². The van der Waals surface area contributed by atoms with Crippen LogP contribution < -0.4 is 4.90 Å². The van der Waals surface area contributed by atoms with Crippen LogP contribution in [0, 0.1) is 11.3 Å². The molecule has 0 N–H and O–H groups in total. The molecule has 3 nitrogen and oxygen atoms in total. The lowest BCUT2D eigenvalue weighted by molar-refractivity contribution is 0.402. The maximum absolute atomic E-state index is 9.26. The molecule has 23 heavy (non-hydrogen) atoms. The van der Waals surface area contributed by atoms with Gasteiger partial charge in [-0.3, -0.25) is 0 Å². The number of hydrogen-bond donors (Lipinski definition) is 0. The molecule has 1 aliphatic heterocycles. The Hall–Kier alpha value is -2.31. The van der Waals surface area contributed by atoms with Gasteiger partial charge in [-0.25, -0.2) is 0 Å². The number of aryl methyl sites for hydroxylation is 2. The first-order valence-electron chi connectivity index (χ1n) is 8.22. The van der Waals surface area contributed by atoms with Gasteiger partial charge in [0.05, 0.1) is 11.6 Å². The van der Waals surface area contributed by atoms with E-state index in [1.165, 1.54) is 22.5 Å². The number of fused-ring (bicyclic) bond motifs is 2. The molecule has 2 aromatic rings. The van der Waals surface area contributed by atoms with Gasteiger partial charge in [-0.2, -0.15) is 5.26 Å². The molecule has 0 saturated carbocycles. The number of rotatable bonds is 4. The molecule has 3 rings (SSSR count). The fourth-order valence-corrected chi connectivity index (χ4v) is 3.27. The summed E-state index contributed by atoms with van der Waals surface area (Å²) in [7, 11) is 4.22. The van der Waals surface area contributed by atoms with E-state index in [0.717, 1.165) is 37.9 Å². The Bertz CT molecular complexity index is 728. The van der Waals surface area contributed by atoms with Crippen LogP contribution in [0.15, 0.2) is 42.5 Å². The van der Waals surface area contributed by atoms with E-state index in [1.54, 1.807) is 0 Å². The number of benzene rings is 2. The highest BCUT2D eigenvalue weighted by molar-refractivity contribution is 5.72. The number of para-hydroxylation sites is 1. The standard InChI is InChI=1S/C20H23N3/c1-22(2)12-5-13-23-19-7-4-3-6-17(19)10-11-18-9-8-16(15-21)14-20(18)23/h3-4,6-9,14H,5,10-13H2,1-2H3/i1-1. The molecule has 0 atom stereocenters. The smallest absolute Gasteiger partial charge is 0.0992 e. The molecule has 0 radical (unpaired) electrons.